The third kappa shape index (κ3) is 5.71. The molecule has 3 heterocycles. The molecule has 0 spiro atoms. The van der Waals surface area contributed by atoms with E-state index in [0.717, 1.165) is 54.5 Å². The zero-order chi connectivity index (χ0) is 28.0. The molecule has 0 N–H and O–H groups in total. The van der Waals surface area contributed by atoms with Crippen molar-refractivity contribution >= 4 is 5.91 Å². The second-order valence-electron chi connectivity index (χ2n) is 10.6. The lowest BCUT2D eigenvalue weighted by Gasteiger charge is -2.44. The summed E-state index contributed by atoms with van der Waals surface area (Å²) in [6.45, 7) is 1.82. The highest BCUT2D eigenvalue weighted by Gasteiger charge is 2.37. The zero-order valence-electron chi connectivity index (χ0n) is 23.2. The number of hydrogen-bond acceptors (Lipinski definition) is 5. The van der Waals surface area contributed by atoms with E-state index in [2.05, 4.69) is 23.2 Å². The number of amides is 1. The smallest absolute Gasteiger partial charge is 0.277 e. The van der Waals surface area contributed by atoms with Gasteiger partial charge in [-0.15, -0.1) is 0 Å². The van der Waals surface area contributed by atoms with Gasteiger partial charge in [-0.25, -0.2) is 0 Å². The van der Waals surface area contributed by atoms with Crippen LogP contribution in [0.5, 0.6) is 11.5 Å². The number of hydrogen-bond donors (Lipinski definition) is 0. The fourth-order valence-corrected chi connectivity index (χ4v) is 5.73. The number of benzene rings is 3. The van der Waals surface area contributed by atoms with Crippen molar-refractivity contribution in [3.8, 4) is 11.5 Å². The van der Waals surface area contributed by atoms with Crippen LogP contribution in [-0.4, -0.2) is 35.3 Å². The van der Waals surface area contributed by atoms with Crippen LogP contribution < -0.4 is 19.9 Å². The summed E-state index contributed by atoms with van der Waals surface area (Å²) >= 11 is 0. The molecule has 4 aromatic rings. The summed E-state index contributed by atoms with van der Waals surface area (Å²) in [6.07, 6.45) is 6.78. The van der Waals surface area contributed by atoms with Gasteiger partial charge in [-0.3, -0.25) is 19.3 Å². The summed E-state index contributed by atoms with van der Waals surface area (Å²) in [7, 11) is 0. The summed E-state index contributed by atoms with van der Waals surface area (Å²) in [5.41, 5.74) is 2.93. The number of fused-ring (bicyclic) bond motifs is 5. The third-order valence-electron chi connectivity index (χ3n) is 7.80. The monoisotopic (exact) mass is 549 g/mol. The van der Waals surface area contributed by atoms with Crippen LogP contribution in [0.25, 0.3) is 0 Å². The molecule has 41 heavy (non-hydrogen) atoms. The average Bonchev–Trinajstić information content (AvgIpc) is 3.01. The molecule has 1 unspecified atom stereocenters. The van der Waals surface area contributed by atoms with Crippen molar-refractivity contribution in [2.24, 2.45) is 0 Å². The normalized spacial score (nSPS) is 17.6. The van der Waals surface area contributed by atoms with Gasteiger partial charge in [0.05, 0.1) is 6.61 Å². The predicted molar refractivity (Wildman–Crippen MR) is 159 cm³/mol. The predicted octanol–water partition coefficient (Wildman–Crippen LogP) is 5.91. The van der Waals surface area contributed by atoms with E-state index >= 15 is 0 Å². The van der Waals surface area contributed by atoms with Crippen LogP contribution >= 0.6 is 0 Å². The molecule has 0 saturated heterocycles. The largest absolute Gasteiger partial charge is 0.493 e. The number of carbonyl (C=O) groups is 1. The van der Waals surface area contributed by atoms with Gasteiger partial charge in [0, 0.05) is 24.4 Å². The number of para-hydroxylation sites is 1. The van der Waals surface area contributed by atoms with Gasteiger partial charge in [0.15, 0.2) is 11.4 Å². The Bertz CT molecular complexity index is 1540. The van der Waals surface area contributed by atoms with E-state index in [1.807, 2.05) is 76.3 Å². The number of ether oxygens (including phenoxy) is 2. The lowest BCUT2D eigenvalue weighted by Crippen LogP contribution is -2.55. The molecule has 0 saturated carbocycles. The van der Waals surface area contributed by atoms with Gasteiger partial charge in [-0.05, 0) is 30.0 Å². The highest BCUT2D eigenvalue weighted by Crippen LogP contribution is 2.37. The van der Waals surface area contributed by atoms with Gasteiger partial charge in [0.2, 0.25) is 5.43 Å². The Morgan fingerprint density at radius 2 is 1.49 bits per heavy atom. The summed E-state index contributed by atoms with van der Waals surface area (Å²) in [6, 6.07) is 29.3. The highest BCUT2D eigenvalue weighted by molar-refractivity contribution is 5.96. The Hall–Kier alpha value is -4.52. The molecule has 1 aromatic heterocycles. The standard InChI is InChI=1S/C34H35N3O4/c38-29-20-22-36-32(33(29)41-24-26-14-6-4-7-15-26)34(39)35-21-12-2-1-3-13-23-40-30-19-11-10-18-28(30)31(37(36)25-35)27-16-8-5-9-17-27/h4-11,14-20,22,31H,1-3,12-13,21,23-25H2. The summed E-state index contributed by atoms with van der Waals surface area (Å²) in [5.74, 6) is 0.712. The Morgan fingerprint density at radius 3 is 2.32 bits per heavy atom. The van der Waals surface area contributed by atoms with Crippen molar-refractivity contribution in [3.05, 3.63) is 130 Å². The fraction of sp³-hybridized carbons (Fsp3) is 0.294. The second-order valence-corrected chi connectivity index (χ2v) is 10.6. The number of nitrogens with zero attached hydrogens (tertiary/aromatic N) is 3. The summed E-state index contributed by atoms with van der Waals surface area (Å²) < 4.78 is 14.3. The van der Waals surface area contributed by atoms with E-state index in [1.165, 1.54) is 6.07 Å². The molecule has 0 radical (unpaired) electrons. The summed E-state index contributed by atoms with van der Waals surface area (Å²) in [5, 5.41) is 2.15. The molecule has 1 amide bonds. The molecule has 6 rings (SSSR count). The molecular formula is C34H35N3O4. The van der Waals surface area contributed by atoms with Crippen LogP contribution in [-0.2, 0) is 6.61 Å². The van der Waals surface area contributed by atoms with Crippen molar-refractivity contribution in [2.75, 3.05) is 24.8 Å². The fourth-order valence-electron chi connectivity index (χ4n) is 5.73. The molecule has 0 fully saturated rings. The highest BCUT2D eigenvalue weighted by atomic mass is 16.5. The number of rotatable bonds is 4. The van der Waals surface area contributed by atoms with Crippen molar-refractivity contribution in [2.45, 2.75) is 44.8 Å². The number of aromatic nitrogens is 1. The topological polar surface area (TPSA) is 64.0 Å². The number of carbonyl (C=O) groups excluding carboxylic acids is 1. The minimum absolute atomic E-state index is 0.0773. The molecule has 1 atom stereocenters. The van der Waals surface area contributed by atoms with Crippen LogP contribution in [0.3, 0.4) is 0 Å². The lowest BCUT2D eigenvalue weighted by atomic mass is 9.97. The van der Waals surface area contributed by atoms with Gasteiger partial charge >= 0.3 is 0 Å². The Balaban J connectivity index is 1.51. The van der Waals surface area contributed by atoms with Gasteiger partial charge in [-0.2, -0.15) is 0 Å². The van der Waals surface area contributed by atoms with Crippen molar-refractivity contribution in [1.29, 1.82) is 0 Å². The minimum atomic E-state index is -0.309. The molecule has 7 heteroatoms. The van der Waals surface area contributed by atoms with Crippen LogP contribution in [0.2, 0.25) is 0 Å². The van der Waals surface area contributed by atoms with E-state index in [4.69, 9.17) is 9.47 Å². The van der Waals surface area contributed by atoms with Crippen molar-refractivity contribution in [3.63, 3.8) is 0 Å². The van der Waals surface area contributed by atoms with Gasteiger partial charge < -0.3 is 14.4 Å². The minimum Gasteiger partial charge on any atom is -0.493 e. The Labute approximate surface area is 240 Å². The van der Waals surface area contributed by atoms with Crippen LogP contribution in [0.1, 0.15) is 65.3 Å². The molecule has 0 aliphatic carbocycles. The second kappa shape index (κ2) is 12.3. The third-order valence-corrected chi connectivity index (χ3v) is 7.80. The Morgan fingerprint density at radius 1 is 0.780 bits per heavy atom. The first-order chi connectivity index (χ1) is 20.2. The maximum Gasteiger partial charge on any atom is 0.277 e. The van der Waals surface area contributed by atoms with Crippen molar-refractivity contribution < 1.29 is 14.3 Å². The molecule has 2 aliphatic rings. The van der Waals surface area contributed by atoms with Gasteiger partial charge in [0.25, 0.3) is 5.91 Å². The lowest BCUT2D eigenvalue weighted by molar-refractivity contribution is 0.0672. The summed E-state index contributed by atoms with van der Waals surface area (Å²) in [4.78, 5) is 29.2. The van der Waals surface area contributed by atoms with Gasteiger partial charge in [-0.1, -0.05) is 98.1 Å². The van der Waals surface area contributed by atoms with E-state index < -0.39 is 0 Å². The van der Waals surface area contributed by atoms with Crippen LogP contribution in [0.4, 0.5) is 0 Å². The SMILES string of the molecule is O=C1c2c(OCc3ccccc3)c(=O)ccn2N2CN1CCCCCCCOc1ccccc1C2c1ccccc1. The molecular weight excluding hydrogens is 514 g/mol. The first kappa shape index (κ1) is 26.7. The van der Waals surface area contributed by atoms with Crippen molar-refractivity contribution in [1.82, 2.24) is 9.58 Å². The van der Waals surface area contributed by atoms with E-state index in [9.17, 15) is 9.59 Å². The first-order valence-corrected chi connectivity index (χ1v) is 14.5. The van der Waals surface area contributed by atoms with Crippen LogP contribution in [0.15, 0.2) is 102 Å². The van der Waals surface area contributed by atoms with E-state index in [1.54, 1.807) is 6.20 Å². The molecule has 3 aromatic carbocycles. The molecule has 2 aliphatic heterocycles. The molecule has 2 bridgehead atoms. The maximum atomic E-state index is 14.1. The molecule has 210 valence electrons. The van der Waals surface area contributed by atoms with E-state index in [0.29, 0.717) is 19.8 Å². The average molecular weight is 550 g/mol. The maximum absolute atomic E-state index is 14.1. The zero-order valence-corrected chi connectivity index (χ0v) is 23.2. The number of pyridine rings is 1. The van der Waals surface area contributed by atoms with Crippen LogP contribution in [0, 0.1) is 0 Å². The van der Waals surface area contributed by atoms with E-state index in [-0.39, 0.29) is 35.4 Å². The quantitative estimate of drug-likeness (QED) is 0.317. The molecule has 7 nitrogen and oxygen atoms in total. The Kier molecular flexibility index (Phi) is 8.03. The first-order valence-electron chi connectivity index (χ1n) is 14.5. The van der Waals surface area contributed by atoms with Gasteiger partial charge in [0.1, 0.15) is 25.1 Å².